The number of carbonyl (C=O) groups excluding carboxylic acids is 1. The van der Waals surface area contributed by atoms with Gasteiger partial charge in [-0.15, -0.1) is 0 Å². The first-order valence-electron chi connectivity index (χ1n) is 5.54. The molecule has 2 aliphatic heterocycles. The van der Waals surface area contributed by atoms with Crippen molar-refractivity contribution in [3.63, 3.8) is 0 Å². The summed E-state index contributed by atoms with van der Waals surface area (Å²) in [5, 5.41) is 3.47. The van der Waals surface area contributed by atoms with Gasteiger partial charge in [-0.1, -0.05) is 18.2 Å². The number of nitrogens with zero attached hydrogens (tertiary/aromatic N) is 1. The molecular weight excluding hydrogens is 236 g/mol. The van der Waals surface area contributed by atoms with Crippen LogP contribution in [0.2, 0.25) is 0 Å². The molecule has 0 bridgehead atoms. The first-order chi connectivity index (χ1) is 8.18. The molecule has 17 heavy (non-hydrogen) atoms. The topological polar surface area (TPSA) is 41.6 Å². The lowest BCUT2D eigenvalue weighted by molar-refractivity contribution is -0.128. The average molecular weight is 248 g/mol. The highest BCUT2D eigenvalue weighted by Gasteiger charge is 2.41. The van der Waals surface area contributed by atoms with E-state index in [-0.39, 0.29) is 18.0 Å². The van der Waals surface area contributed by atoms with E-state index in [1.807, 2.05) is 31.2 Å². The summed E-state index contributed by atoms with van der Waals surface area (Å²) in [5.41, 5.74) is 1.03. The fourth-order valence-corrected chi connectivity index (χ4v) is 2.67. The summed E-state index contributed by atoms with van der Waals surface area (Å²) >= 11 is 5.20. The maximum absolute atomic E-state index is 12.0. The first kappa shape index (κ1) is 10.5. The van der Waals surface area contributed by atoms with Crippen molar-refractivity contribution in [2.75, 3.05) is 6.61 Å². The number of fused-ring (bicyclic) bond motifs is 1. The third-order valence-electron chi connectivity index (χ3n) is 3.15. The van der Waals surface area contributed by atoms with Gasteiger partial charge in [0.15, 0.2) is 5.11 Å². The number of hydrogen-bond donors (Lipinski definition) is 1. The summed E-state index contributed by atoms with van der Waals surface area (Å²) in [6, 6.07) is 7.42. The van der Waals surface area contributed by atoms with E-state index in [9.17, 15) is 4.79 Å². The molecule has 1 fully saturated rings. The number of para-hydroxylation sites is 1. The fraction of sp³-hybridized carbons (Fsp3) is 0.333. The summed E-state index contributed by atoms with van der Waals surface area (Å²) < 4.78 is 5.57. The van der Waals surface area contributed by atoms with Gasteiger partial charge in [-0.2, -0.15) is 0 Å². The molecule has 2 unspecified atom stereocenters. The molecule has 1 saturated heterocycles. The van der Waals surface area contributed by atoms with Gasteiger partial charge in [0.2, 0.25) is 0 Å². The standard InChI is InChI=1S/C12H12N2O2S/c1-7-11(15)14(12(17)13-7)9-6-16-10-5-3-2-4-8(9)10/h2-5,7,9H,6H2,1H3,(H,13,17). The highest BCUT2D eigenvalue weighted by Crippen LogP contribution is 2.37. The number of rotatable bonds is 1. The van der Waals surface area contributed by atoms with Crippen LogP contribution in [-0.2, 0) is 4.79 Å². The first-order valence-corrected chi connectivity index (χ1v) is 5.94. The van der Waals surface area contributed by atoms with Crippen LogP contribution >= 0.6 is 12.2 Å². The zero-order valence-electron chi connectivity index (χ0n) is 9.34. The quantitative estimate of drug-likeness (QED) is 0.759. The minimum Gasteiger partial charge on any atom is -0.491 e. The molecular formula is C12H12N2O2S. The Balaban J connectivity index is 1.97. The highest BCUT2D eigenvalue weighted by atomic mass is 32.1. The zero-order valence-corrected chi connectivity index (χ0v) is 10.2. The molecule has 1 aromatic carbocycles. The Morgan fingerprint density at radius 3 is 2.94 bits per heavy atom. The third-order valence-corrected chi connectivity index (χ3v) is 3.47. The summed E-state index contributed by atoms with van der Waals surface area (Å²) in [4.78, 5) is 13.7. The van der Waals surface area contributed by atoms with E-state index >= 15 is 0 Å². The minimum absolute atomic E-state index is 0.0142. The predicted octanol–water partition coefficient (Wildman–Crippen LogP) is 1.23. The van der Waals surface area contributed by atoms with Crippen LogP contribution < -0.4 is 10.1 Å². The number of ether oxygens (including phenoxy) is 1. The van der Waals surface area contributed by atoms with E-state index in [2.05, 4.69) is 5.32 Å². The molecule has 0 spiro atoms. The highest BCUT2D eigenvalue weighted by molar-refractivity contribution is 7.80. The van der Waals surface area contributed by atoms with Crippen molar-refractivity contribution in [2.45, 2.75) is 19.0 Å². The monoisotopic (exact) mass is 248 g/mol. The van der Waals surface area contributed by atoms with Crippen LogP contribution in [0.15, 0.2) is 24.3 Å². The van der Waals surface area contributed by atoms with E-state index in [0.717, 1.165) is 11.3 Å². The Bertz CT molecular complexity index is 503. The van der Waals surface area contributed by atoms with E-state index in [1.165, 1.54) is 0 Å². The minimum atomic E-state index is -0.240. The molecule has 4 nitrogen and oxygen atoms in total. The van der Waals surface area contributed by atoms with Crippen molar-refractivity contribution in [2.24, 2.45) is 0 Å². The smallest absolute Gasteiger partial charge is 0.251 e. The summed E-state index contributed by atoms with van der Waals surface area (Å²) in [7, 11) is 0. The van der Waals surface area contributed by atoms with Crippen molar-refractivity contribution >= 4 is 23.2 Å². The van der Waals surface area contributed by atoms with Crippen molar-refractivity contribution in [3.05, 3.63) is 29.8 Å². The van der Waals surface area contributed by atoms with Gasteiger partial charge < -0.3 is 10.1 Å². The Morgan fingerprint density at radius 1 is 1.47 bits per heavy atom. The number of amides is 1. The van der Waals surface area contributed by atoms with Crippen LogP contribution in [0.25, 0.3) is 0 Å². The lowest BCUT2D eigenvalue weighted by Gasteiger charge is -2.21. The average Bonchev–Trinajstić information content (AvgIpc) is 2.82. The number of carbonyl (C=O) groups is 1. The molecule has 2 heterocycles. The van der Waals surface area contributed by atoms with E-state index < -0.39 is 0 Å². The Hall–Kier alpha value is -1.62. The molecule has 0 saturated carbocycles. The van der Waals surface area contributed by atoms with Gasteiger partial charge in [0, 0.05) is 5.56 Å². The van der Waals surface area contributed by atoms with Gasteiger partial charge in [0.05, 0.1) is 0 Å². The molecule has 1 amide bonds. The van der Waals surface area contributed by atoms with Crippen molar-refractivity contribution < 1.29 is 9.53 Å². The van der Waals surface area contributed by atoms with Gasteiger partial charge in [0.25, 0.3) is 5.91 Å². The van der Waals surface area contributed by atoms with E-state index in [1.54, 1.807) is 4.90 Å². The molecule has 0 aliphatic carbocycles. The lowest BCUT2D eigenvalue weighted by Crippen LogP contribution is -2.35. The Kier molecular flexibility index (Phi) is 2.29. The number of benzene rings is 1. The van der Waals surface area contributed by atoms with Crippen molar-refractivity contribution in [3.8, 4) is 5.75 Å². The summed E-state index contributed by atoms with van der Waals surface area (Å²) in [6.07, 6.45) is 0. The van der Waals surface area contributed by atoms with Crippen LogP contribution in [0.5, 0.6) is 5.75 Å². The predicted molar refractivity (Wildman–Crippen MR) is 66.7 cm³/mol. The van der Waals surface area contributed by atoms with Gasteiger partial charge in [-0.05, 0) is 25.2 Å². The van der Waals surface area contributed by atoms with Gasteiger partial charge in [-0.25, -0.2) is 0 Å². The lowest BCUT2D eigenvalue weighted by atomic mass is 10.1. The van der Waals surface area contributed by atoms with Crippen LogP contribution in [0, 0.1) is 0 Å². The largest absolute Gasteiger partial charge is 0.491 e. The molecule has 1 N–H and O–H groups in total. The number of hydrogen-bond acceptors (Lipinski definition) is 3. The molecule has 1 aromatic rings. The van der Waals surface area contributed by atoms with Crippen LogP contribution in [0.4, 0.5) is 0 Å². The summed E-state index contributed by atoms with van der Waals surface area (Å²) in [5.74, 6) is 0.855. The third kappa shape index (κ3) is 1.50. The number of nitrogens with one attached hydrogen (secondary N) is 1. The second-order valence-electron chi connectivity index (χ2n) is 4.24. The van der Waals surface area contributed by atoms with Crippen molar-refractivity contribution in [1.82, 2.24) is 10.2 Å². The van der Waals surface area contributed by atoms with Gasteiger partial charge in [0.1, 0.15) is 24.4 Å². The second-order valence-corrected chi connectivity index (χ2v) is 4.63. The molecule has 3 rings (SSSR count). The van der Waals surface area contributed by atoms with Gasteiger partial charge in [-0.3, -0.25) is 9.69 Å². The fourth-order valence-electron chi connectivity index (χ4n) is 2.28. The maximum Gasteiger partial charge on any atom is 0.251 e. The zero-order chi connectivity index (χ0) is 12.0. The Labute approximate surface area is 105 Å². The van der Waals surface area contributed by atoms with Crippen LogP contribution in [0.1, 0.15) is 18.5 Å². The molecule has 2 atom stereocenters. The molecule has 5 heteroatoms. The molecule has 2 aliphatic rings. The van der Waals surface area contributed by atoms with E-state index in [4.69, 9.17) is 17.0 Å². The maximum atomic E-state index is 12.0. The van der Waals surface area contributed by atoms with Gasteiger partial charge >= 0.3 is 0 Å². The SMILES string of the molecule is CC1NC(=S)N(C2COc3ccccc32)C1=O. The van der Waals surface area contributed by atoms with Crippen LogP contribution in [0.3, 0.4) is 0 Å². The molecule has 0 radical (unpaired) electrons. The van der Waals surface area contributed by atoms with Crippen molar-refractivity contribution in [1.29, 1.82) is 0 Å². The molecule has 88 valence electrons. The van der Waals surface area contributed by atoms with E-state index in [0.29, 0.717) is 11.7 Å². The van der Waals surface area contributed by atoms with Crippen LogP contribution in [-0.4, -0.2) is 28.6 Å². The summed E-state index contributed by atoms with van der Waals surface area (Å²) in [6.45, 7) is 2.29. The number of thiocarbonyl (C=S) groups is 1. The normalized spacial score (nSPS) is 26.8. The second kappa shape index (κ2) is 3.70. The molecule has 0 aromatic heterocycles. The Morgan fingerprint density at radius 2 is 2.24 bits per heavy atom.